The molecule has 0 heterocycles. The van der Waals surface area contributed by atoms with Crippen molar-refractivity contribution in [3.63, 3.8) is 0 Å². The van der Waals surface area contributed by atoms with Gasteiger partial charge in [-0.3, -0.25) is 4.79 Å². The third kappa shape index (κ3) is 2.59. The maximum absolute atomic E-state index is 12.3. The van der Waals surface area contributed by atoms with Crippen molar-refractivity contribution >= 4 is 17.3 Å². The maximum Gasteiger partial charge on any atom is 0.231 e. The smallest absolute Gasteiger partial charge is 0.231 e. The van der Waals surface area contributed by atoms with Crippen molar-refractivity contribution in [2.75, 3.05) is 30.9 Å². The Hall–Kier alpha value is -1.55. The van der Waals surface area contributed by atoms with Crippen molar-refractivity contribution < 1.29 is 4.79 Å². The lowest BCUT2D eigenvalue weighted by Crippen LogP contribution is -2.47. The summed E-state index contributed by atoms with van der Waals surface area (Å²) in [5.74, 6) is 0.0646. The zero-order valence-corrected chi connectivity index (χ0v) is 12.0. The molecule has 1 aliphatic carbocycles. The fourth-order valence-corrected chi connectivity index (χ4v) is 2.56. The van der Waals surface area contributed by atoms with E-state index in [1.165, 1.54) is 5.56 Å². The Morgan fingerprint density at radius 3 is 2.58 bits per heavy atom. The van der Waals surface area contributed by atoms with Crippen molar-refractivity contribution in [2.45, 2.75) is 26.2 Å². The average molecular weight is 261 g/mol. The highest BCUT2D eigenvalue weighted by atomic mass is 16.2. The van der Waals surface area contributed by atoms with Crippen molar-refractivity contribution in [3.8, 4) is 0 Å². The first-order valence-corrected chi connectivity index (χ1v) is 6.78. The number of benzene rings is 1. The summed E-state index contributed by atoms with van der Waals surface area (Å²) in [5, 5.41) is 3.01. The first-order valence-electron chi connectivity index (χ1n) is 6.78. The molecule has 2 rings (SSSR count). The summed E-state index contributed by atoms with van der Waals surface area (Å²) in [5.41, 5.74) is 8.59. The topological polar surface area (TPSA) is 58.4 Å². The van der Waals surface area contributed by atoms with Crippen LogP contribution in [-0.4, -0.2) is 26.5 Å². The van der Waals surface area contributed by atoms with Crippen molar-refractivity contribution in [1.29, 1.82) is 0 Å². The summed E-state index contributed by atoms with van der Waals surface area (Å²) in [6, 6.07) is 5.99. The van der Waals surface area contributed by atoms with Gasteiger partial charge < -0.3 is 16.0 Å². The van der Waals surface area contributed by atoms with E-state index in [0.717, 1.165) is 30.6 Å². The molecule has 0 bridgehead atoms. The van der Waals surface area contributed by atoms with E-state index < -0.39 is 0 Å². The second-order valence-electron chi connectivity index (χ2n) is 5.69. The molecule has 0 atom stereocenters. The molecule has 0 radical (unpaired) electrons. The number of anilines is 2. The Morgan fingerprint density at radius 1 is 1.42 bits per heavy atom. The number of hydrogen-bond acceptors (Lipinski definition) is 3. The Labute approximate surface area is 115 Å². The SMILES string of the molecule is Cc1ccc(NC(=O)C2(CN)CCC2)cc1N(C)C. The monoisotopic (exact) mass is 261 g/mol. The van der Waals surface area contributed by atoms with Gasteiger partial charge >= 0.3 is 0 Å². The number of nitrogens with two attached hydrogens (primary N) is 1. The summed E-state index contributed by atoms with van der Waals surface area (Å²) in [6.45, 7) is 2.50. The van der Waals surface area contributed by atoms with E-state index in [-0.39, 0.29) is 11.3 Å². The van der Waals surface area contributed by atoms with Gasteiger partial charge in [0, 0.05) is 32.0 Å². The number of hydrogen-bond donors (Lipinski definition) is 2. The fourth-order valence-electron chi connectivity index (χ4n) is 2.56. The molecular weight excluding hydrogens is 238 g/mol. The molecule has 0 aliphatic heterocycles. The summed E-state index contributed by atoms with van der Waals surface area (Å²) in [4.78, 5) is 14.4. The molecule has 1 aromatic rings. The molecule has 19 heavy (non-hydrogen) atoms. The molecule has 0 aromatic heterocycles. The van der Waals surface area contributed by atoms with E-state index >= 15 is 0 Å². The van der Waals surface area contributed by atoms with Crippen LogP contribution in [0, 0.1) is 12.3 Å². The molecule has 0 unspecified atom stereocenters. The molecule has 4 heteroatoms. The lowest BCUT2D eigenvalue weighted by Gasteiger charge is -2.39. The van der Waals surface area contributed by atoms with Gasteiger partial charge in [-0.2, -0.15) is 0 Å². The number of rotatable bonds is 4. The zero-order valence-electron chi connectivity index (χ0n) is 12.0. The van der Waals surface area contributed by atoms with E-state index in [4.69, 9.17) is 5.73 Å². The standard InChI is InChI=1S/C15H23N3O/c1-11-5-6-12(9-13(11)18(2)3)17-14(19)15(10-16)7-4-8-15/h5-6,9H,4,7-8,10,16H2,1-3H3,(H,17,19). The van der Waals surface area contributed by atoms with Crippen LogP contribution in [0.1, 0.15) is 24.8 Å². The Morgan fingerprint density at radius 2 is 2.11 bits per heavy atom. The van der Waals surface area contributed by atoms with Crippen LogP contribution < -0.4 is 16.0 Å². The summed E-state index contributed by atoms with van der Waals surface area (Å²) in [6.07, 6.45) is 2.91. The quantitative estimate of drug-likeness (QED) is 0.873. The van der Waals surface area contributed by atoms with Crippen molar-refractivity contribution in [1.82, 2.24) is 0 Å². The summed E-state index contributed by atoms with van der Waals surface area (Å²) >= 11 is 0. The summed E-state index contributed by atoms with van der Waals surface area (Å²) in [7, 11) is 4.00. The van der Waals surface area contributed by atoms with Gasteiger partial charge in [0.05, 0.1) is 5.41 Å². The minimum atomic E-state index is -0.330. The molecule has 0 saturated heterocycles. The van der Waals surface area contributed by atoms with E-state index in [1.807, 2.05) is 37.2 Å². The normalized spacial score (nSPS) is 16.6. The van der Waals surface area contributed by atoms with Gasteiger partial charge in [0.25, 0.3) is 0 Å². The molecule has 3 N–H and O–H groups in total. The first kappa shape index (κ1) is 13.9. The number of amides is 1. The predicted octanol–water partition coefficient (Wildman–Crippen LogP) is 2.13. The van der Waals surface area contributed by atoms with E-state index in [9.17, 15) is 4.79 Å². The van der Waals surface area contributed by atoms with Crippen molar-refractivity contribution in [2.24, 2.45) is 11.1 Å². The van der Waals surface area contributed by atoms with Crippen LogP contribution in [-0.2, 0) is 4.79 Å². The van der Waals surface area contributed by atoms with Gasteiger partial charge in [0.1, 0.15) is 0 Å². The van der Waals surface area contributed by atoms with Crippen LogP contribution in [0.25, 0.3) is 0 Å². The number of aryl methyl sites for hydroxylation is 1. The molecule has 0 spiro atoms. The second kappa shape index (κ2) is 5.21. The highest BCUT2D eigenvalue weighted by molar-refractivity contribution is 5.96. The van der Waals surface area contributed by atoms with Crippen molar-refractivity contribution in [3.05, 3.63) is 23.8 Å². The molecule has 4 nitrogen and oxygen atoms in total. The van der Waals surface area contributed by atoms with E-state index in [2.05, 4.69) is 12.2 Å². The van der Waals surface area contributed by atoms with Gasteiger partial charge in [-0.25, -0.2) is 0 Å². The molecule has 1 fully saturated rings. The molecule has 1 amide bonds. The zero-order chi connectivity index (χ0) is 14.0. The lowest BCUT2D eigenvalue weighted by molar-refractivity contribution is -0.129. The molecule has 104 valence electrons. The van der Waals surface area contributed by atoms with E-state index in [0.29, 0.717) is 6.54 Å². The summed E-state index contributed by atoms with van der Waals surface area (Å²) < 4.78 is 0. The maximum atomic E-state index is 12.3. The third-order valence-electron chi connectivity index (χ3n) is 4.13. The van der Waals surface area contributed by atoms with Crippen LogP contribution in [0.15, 0.2) is 18.2 Å². The van der Waals surface area contributed by atoms with Crippen LogP contribution in [0.3, 0.4) is 0 Å². The van der Waals surface area contributed by atoms with Gasteiger partial charge in [-0.05, 0) is 37.5 Å². The van der Waals surface area contributed by atoms with Crippen LogP contribution in [0.2, 0.25) is 0 Å². The number of nitrogens with one attached hydrogen (secondary N) is 1. The number of nitrogens with zero attached hydrogens (tertiary/aromatic N) is 1. The lowest BCUT2D eigenvalue weighted by atomic mass is 9.68. The predicted molar refractivity (Wildman–Crippen MR) is 79.5 cm³/mol. The Balaban J connectivity index is 2.15. The Bertz CT molecular complexity index is 473. The highest BCUT2D eigenvalue weighted by Gasteiger charge is 2.42. The molecule has 1 saturated carbocycles. The molecule has 1 aliphatic rings. The number of carbonyl (C=O) groups excluding carboxylic acids is 1. The van der Waals surface area contributed by atoms with E-state index in [1.54, 1.807) is 0 Å². The fraction of sp³-hybridized carbons (Fsp3) is 0.533. The van der Waals surface area contributed by atoms with Gasteiger partial charge in [-0.15, -0.1) is 0 Å². The average Bonchev–Trinajstić information content (AvgIpc) is 2.30. The molecular formula is C15H23N3O. The highest BCUT2D eigenvalue weighted by Crippen LogP contribution is 2.41. The van der Waals surface area contributed by atoms with Gasteiger partial charge in [0.15, 0.2) is 0 Å². The van der Waals surface area contributed by atoms with Crippen LogP contribution >= 0.6 is 0 Å². The van der Waals surface area contributed by atoms with Crippen LogP contribution in [0.4, 0.5) is 11.4 Å². The minimum absolute atomic E-state index is 0.0646. The Kier molecular flexibility index (Phi) is 3.80. The largest absolute Gasteiger partial charge is 0.377 e. The van der Waals surface area contributed by atoms with Gasteiger partial charge in [-0.1, -0.05) is 12.5 Å². The van der Waals surface area contributed by atoms with Gasteiger partial charge in [0.2, 0.25) is 5.91 Å². The van der Waals surface area contributed by atoms with Crippen LogP contribution in [0.5, 0.6) is 0 Å². The number of carbonyl (C=O) groups is 1. The first-order chi connectivity index (χ1) is 8.98. The second-order valence-corrected chi connectivity index (χ2v) is 5.69. The third-order valence-corrected chi connectivity index (χ3v) is 4.13. The molecule has 1 aromatic carbocycles. The minimum Gasteiger partial charge on any atom is -0.377 e.